The molecule has 1 amide bonds. The Hall–Kier alpha value is -2.34. The second kappa shape index (κ2) is 6.28. The number of aryl methyl sites for hydroxylation is 2. The van der Waals surface area contributed by atoms with Gasteiger partial charge in [-0.15, -0.1) is 0 Å². The number of hydrogen-bond acceptors (Lipinski definition) is 3. The summed E-state index contributed by atoms with van der Waals surface area (Å²) in [5, 5.41) is 2.86. The zero-order chi connectivity index (χ0) is 17.3. The molecular formula is C18H20N2O3S. The molecule has 1 heterocycles. The van der Waals surface area contributed by atoms with Crippen molar-refractivity contribution in [1.82, 2.24) is 0 Å². The molecule has 0 saturated carbocycles. The molecule has 0 atom stereocenters. The Balaban J connectivity index is 1.75. The second-order valence-electron chi connectivity index (χ2n) is 6.04. The molecule has 5 nitrogen and oxygen atoms in total. The monoisotopic (exact) mass is 344 g/mol. The maximum atomic E-state index is 12.3. The minimum Gasteiger partial charge on any atom is -0.322 e. The van der Waals surface area contributed by atoms with Crippen molar-refractivity contribution in [2.45, 2.75) is 20.3 Å². The Morgan fingerprint density at radius 1 is 1.04 bits per heavy atom. The van der Waals surface area contributed by atoms with Crippen LogP contribution in [0.3, 0.4) is 0 Å². The van der Waals surface area contributed by atoms with Gasteiger partial charge in [-0.05, 0) is 67.8 Å². The van der Waals surface area contributed by atoms with E-state index in [1.807, 2.05) is 32.0 Å². The Kier molecular flexibility index (Phi) is 4.32. The van der Waals surface area contributed by atoms with Gasteiger partial charge in [-0.1, -0.05) is 6.07 Å². The minimum atomic E-state index is -3.20. The van der Waals surface area contributed by atoms with Crippen molar-refractivity contribution in [3.63, 3.8) is 0 Å². The first-order valence-corrected chi connectivity index (χ1v) is 9.47. The fourth-order valence-corrected chi connectivity index (χ4v) is 4.30. The molecule has 0 spiro atoms. The fraction of sp³-hybridized carbons (Fsp3) is 0.278. The molecule has 1 aliphatic rings. The van der Waals surface area contributed by atoms with Gasteiger partial charge in [0, 0.05) is 17.8 Å². The first kappa shape index (κ1) is 16.5. The van der Waals surface area contributed by atoms with Crippen molar-refractivity contribution in [3.8, 4) is 0 Å². The van der Waals surface area contributed by atoms with Gasteiger partial charge in [0.1, 0.15) is 0 Å². The van der Waals surface area contributed by atoms with E-state index >= 15 is 0 Å². The maximum Gasteiger partial charge on any atom is 0.255 e. The van der Waals surface area contributed by atoms with E-state index in [4.69, 9.17) is 0 Å². The molecule has 1 saturated heterocycles. The van der Waals surface area contributed by atoms with Crippen LogP contribution in [0, 0.1) is 13.8 Å². The van der Waals surface area contributed by atoms with Gasteiger partial charge in [-0.25, -0.2) is 8.42 Å². The van der Waals surface area contributed by atoms with E-state index in [0.29, 0.717) is 24.2 Å². The standard InChI is InChI=1S/C18H20N2O3S/c1-13-4-7-16(12-14(13)2)19-18(21)15-5-8-17(9-6-15)20-10-3-11-24(20,22)23/h4-9,12H,3,10-11H2,1-2H3,(H,19,21). The van der Waals surface area contributed by atoms with Crippen molar-refractivity contribution in [3.05, 3.63) is 59.2 Å². The Labute approximate surface area is 142 Å². The van der Waals surface area contributed by atoms with Crippen molar-refractivity contribution >= 4 is 27.3 Å². The van der Waals surface area contributed by atoms with Crippen molar-refractivity contribution in [2.75, 3.05) is 21.9 Å². The summed E-state index contributed by atoms with van der Waals surface area (Å²) in [4.78, 5) is 12.3. The van der Waals surface area contributed by atoms with Crippen LogP contribution in [0.25, 0.3) is 0 Å². The summed E-state index contributed by atoms with van der Waals surface area (Å²) in [5.41, 5.74) is 4.13. The number of benzene rings is 2. The SMILES string of the molecule is Cc1ccc(NC(=O)c2ccc(N3CCCS3(=O)=O)cc2)cc1C. The molecule has 3 rings (SSSR count). The molecule has 0 radical (unpaired) electrons. The highest BCUT2D eigenvalue weighted by molar-refractivity contribution is 7.93. The van der Waals surface area contributed by atoms with E-state index in [0.717, 1.165) is 11.3 Å². The highest BCUT2D eigenvalue weighted by atomic mass is 32.2. The van der Waals surface area contributed by atoms with Crippen LogP contribution in [-0.4, -0.2) is 26.6 Å². The summed E-state index contributed by atoms with van der Waals surface area (Å²) in [7, 11) is -3.20. The van der Waals surface area contributed by atoms with Crippen molar-refractivity contribution in [1.29, 1.82) is 0 Å². The summed E-state index contributed by atoms with van der Waals surface area (Å²) >= 11 is 0. The number of carbonyl (C=O) groups is 1. The lowest BCUT2D eigenvalue weighted by Gasteiger charge is -2.17. The molecule has 0 aliphatic carbocycles. The minimum absolute atomic E-state index is 0.183. The summed E-state index contributed by atoms with van der Waals surface area (Å²) in [6.45, 7) is 4.51. The molecule has 126 valence electrons. The highest BCUT2D eigenvalue weighted by Crippen LogP contribution is 2.24. The van der Waals surface area contributed by atoms with Gasteiger partial charge in [0.25, 0.3) is 5.91 Å². The fourth-order valence-electron chi connectivity index (χ4n) is 2.73. The molecule has 1 N–H and O–H groups in total. The summed E-state index contributed by atoms with van der Waals surface area (Å²) in [6.07, 6.45) is 0.636. The Morgan fingerprint density at radius 3 is 2.33 bits per heavy atom. The van der Waals surface area contributed by atoms with E-state index in [1.54, 1.807) is 24.3 Å². The van der Waals surface area contributed by atoms with Gasteiger partial charge in [0.15, 0.2) is 0 Å². The lowest BCUT2D eigenvalue weighted by Crippen LogP contribution is -2.25. The lowest BCUT2D eigenvalue weighted by atomic mass is 10.1. The van der Waals surface area contributed by atoms with Crippen LogP contribution in [0.4, 0.5) is 11.4 Å². The van der Waals surface area contributed by atoms with Crippen molar-refractivity contribution in [2.24, 2.45) is 0 Å². The number of amides is 1. The van der Waals surface area contributed by atoms with Gasteiger partial charge in [0.05, 0.1) is 11.4 Å². The Morgan fingerprint density at radius 2 is 1.75 bits per heavy atom. The smallest absolute Gasteiger partial charge is 0.255 e. The van der Waals surface area contributed by atoms with E-state index in [-0.39, 0.29) is 11.7 Å². The number of nitrogens with one attached hydrogen (secondary N) is 1. The van der Waals surface area contributed by atoms with Crippen LogP contribution in [-0.2, 0) is 10.0 Å². The van der Waals surface area contributed by atoms with Crippen LogP contribution in [0.15, 0.2) is 42.5 Å². The quantitative estimate of drug-likeness (QED) is 0.930. The summed E-state index contributed by atoms with van der Waals surface area (Å²) in [5.74, 6) is -0.0313. The molecule has 2 aromatic carbocycles. The molecular weight excluding hydrogens is 324 g/mol. The average molecular weight is 344 g/mol. The molecule has 0 unspecified atom stereocenters. The van der Waals surface area contributed by atoms with Gasteiger partial charge in [-0.2, -0.15) is 0 Å². The van der Waals surface area contributed by atoms with Gasteiger partial charge >= 0.3 is 0 Å². The van der Waals surface area contributed by atoms with Crippen LogP contribution >= 0.6 is 0 Å². The molecule has 1 aliphatic heterocycles. The third-order valence-electron chi connectivity index (χ3n) is 4.28. The number of sulfonamides is 1. The average Bonchev–Trinajstić information content (AvgIpc) is 2.90. The number of carbonyl (C=O) groups excluding carboxylic acids is 1. The number of rotatable bonds is 3. The number of anilines is 2. The van der Waals surface area contributed by atoms with E-state index in [9.17, 15) is 13.2 Å². The Bertz CT molecular complexity index is 874. The molecule has 1 fully saturated rings. The first-order chi connectivity index (χ1) is 11.4. The topological polar surface area (TPSA) is 66.5 Å². The second-order valence-corrected chi connectivity index (χ2v) is 8.05. The zero-order valence-corrected chi connectivity index (χ0v) is 14.6. The predicted molar refractivity (Wildman–Crippen MR) is 96.1 cm³/mol. The highest BCUT2D eigenvalue weighted by Gasteiger charge is 2.28. The van der Waals surface area contributed by atoms with Crippen molar-refractivity contribution < 1.29 is 13.2 Å². The normalized spacial score (nSPS) is 16.2. The first-order valence-electron chi connectivity index (χ1n) is 7.86. The molecule has 2 aromatic rings. The van der Waals surface area contributed by atoms with E-state index in [2.05, 4.69) is 5.32 Å². The predicted octanol–water partition coefficient (Wildman–Crippen LogP) is 3.10. The number of hydrogen-bond donors (Lipinski definition) is 1. The molecule has 0 aromatic heterocycles. The van der Waals surface area contributed by atoms with Crippen LogP contribution < -0.4 is 9.62 Å². The third kappa shape index (κ3) is 3.28. The van der Waals surface area contributed by atoms with Gasteiger partial charge in [0.2, 0.25) is 10.0 Å². The van der Waals surface area contributed by atoms with E-state index < -0.39 is 10.0 Å². The largest absolute Gasteiger partial charge is 0.322 e. The van der Waals surface area contributed by atoms with Crippen LogP contribution in [0.5, 0.6) is 0 Å². The third-order valence-corrected chi connectivity index (χ3v) is 6.15. The van der Waals surface area contributed by atoms with E-state index in [1.165, 1.54) is 9.87 Å². The summed E-state index contributed by atoms with van der Waals surface area (Å²) < 4.78 is 25.3. The van der Waals surface area contributed by atoms with Crippen LogP contribution in [0.1, 0.15) is 27.9 Å². The zero-order valence-electron chi connectivity index (χ0n) is 13.7. The maximum absolute atomic E-state index is 12.3. The van der Waals surface area contributed by atoms with Gasteiger partial charge < -0.3 is 5.32 Å². The number of nitrogens with zero attached hydrogens (tertiary/aromatic N) is 1. The summed E-state index contributed by atoms with van der Waals surface area (Å²) in [6, 6.07) is 12.4. The molecule has 0 bridgehead atoms. The molecule has 6 heteroatoms. The van der Waals surface area contributed by atoms with Crippen LogP contribution in [0.2, 0.25) is 0 Å². The van der Waals surface area contributed by atoms with Gasteiger partial charge in [-0.3, -0.25) is 9.10 Å². The molecule has 24 heavy (non-hydrogen) atoms. The lowest BCUT2D eigenvalue weighted by molar-refractivity contribution is 0.102.